The quantitative estimate of drug-likeness (QED) is 0.818. The maximum Gasteiger partial charge on any atom is 0.0620 e. The van der Waals surface area contributed by atoms with E-state index in [9.17, 15) is 0 Å². The first kappa shape index (κ1) is 13.8. The Labute approximate surface area is 117 Å². The summed E-state index contributed by atoms with van der Waals surface area (Å²) in [6, 6.07) is 1.45. The van der Waals surface area contributed by atoms with Crippen LogP contribution < -0.4 is 5.32 Å². The minimum atomic E-state index is 0.584. The molecule has 0 aliphatic carbocycles. The number of hydrogen-bond acceptors (Lipinski definition) is 4. The molecule has 19 heavy (non-hydrogen) atoms. The van der Waals surface area contributed by atoms with Crippen LogP contribution >= 0.6 is 0 Å². The Morgan fingerprint density at radius 3 is 3.05 bits per heavy atom. The average Bonchev–Trinajstić information content (AvgIpc) is 2.46. The maximum atomic E-state index is 5.53. The topological polar surface area (TPSA) is 27.7 Å². The zero-order chi connectivity index (χ0) is 13.1. The van der Waals surface area contributed by atoms with Crippen LogP contribution in [0.25, 0.3) is 0 Å². The molecular formula is C15H29N3O. The van der Waals surface area contributed by atoms with Crippen molar-refractivity contribution in [2.45, 2.75) is 37.8 Å². The molecule has 0 saturated carbocycles. The van der Waals surface area contributed by atoms with Gasteiger partial charge in [0.2, 0.25) is 0 Å². The molecule has 0 spiro atoms. The molecular weight excluding hydrogens is 238 g/mol. The number of morpholine rings is 1. The Morgan fingerprint density at radius 2 is 2.21 bits per heavy atom. The van der Waals surface area contributed by atoms with Crippen molar-refractivity contribution in [1.82, 2.24) is 15.1 Å². The summed E-state index contributed by atoms with van der Waals surface area (Å²) in [7, 11) is 2.32. The van der Waals surface area contributed by atoms with Gasteiger partial charge in [0.05, 0.1) is 13.2 Å². The Kier molecular flexibility index (Phi) is 4.74. The van der Waals surface area contributed by atoms with Crippen LogP contribution in [0.2, 0.25) is 0 Å². The molecule has 3 heterocycles. The zero-order valence-electron chi connectivity index (χ0n) is 12.3. The largest absolute Gasteiger partial charge is 0.379 e. The number of nitrogens with zero attached hydrogens (tertiary/aromatic N) is 2. The number of ether oxygens (including phenoxy) is 1. The predicted octanol–water partition coefficient (Wildman–Crippen LogP) is 0.781. The Morgan fingerprint density at radius 1 is 1.26 bits per heavy atom. The molecule has 0 amide bonds. The molecule has 3 aliphatic rings. The van der Waals surface area contributed by atoms with Crippen molar-refractivity contribution in [3.8, 4) is 0 Å². The van der Waals surface area contributed by atoms with E-state index in [1.165, 1.54) is 51.9 Å². The number of fused-ring (bicyclic) bond motifs is 1. The van der Waals surface area contributed by atoms with Gasteiger partial charge in [0.25, 0.3) is 0 Å². The van der Waals surface area contributed by atoms with Gasteiger partial charge in [-0.05, 0) is 58.3 Å². The standard InChI is InChI=1S/C15H29N3O/c1-17-7-2-3-13-11-18(9-5-15(13)17)8-4-14-12-19-10-6-16-14/h13-16H,2-12H2,1H3. The smallest absolute Gasteiger partial charge is 0.0620 e. The first-order valence-electron chi connectivity index (χ1n) is 8.06. The normalized spacial score (nSPS) is 38.1. The van der Waals surface area contributed by atoms with Crippen molar-refractivity contribution in [1.29, 1.82) is 0 Å². The highest BCUT2D eigenvalue weighted by Crippen LogP contribution is 2.29. The summed E-state index contributed by atoms with van der Waals surface area (Å²) in [6.45, 7) is 7.99. The lowest BCUT2D eigenvalue weighted by atomic mass is 9.84. The fraction of sp³-hybridized carbons (Fsp3) is 1.00. The van der Waals surface area contributed by atoms with Gasteiger partial charge in [-0.2, -0.15) is 0 Å². The minimum absolute atomic E-state index is 0.584. The van der Waals surface area contributed by atoms with Crippen LogP contribution in [0.5, 0.6) is 0 Å². The fourth-order valence-corrected chi connectivity index (χ4v) is 4.07. The molecule has 3 atom stereocenters. The third-order valence-corrected chi connectivity index (χ3v) is 5.22. The summed E-state index contributed by atoms with van der Waals surface area (Å²) in [5, 5.41) is 3.56. The van der Waals surface area contributed by atoms with E-state index in [0.717, 1.165) is 31.7 Å². The van der Waals surface area contributed by atoms with E-state index in [0.29, 0.717) is 6.04 Å². The van der Waals surface area contributed by atoms with E-state index in [2.05, 4.69) is 22.2 Å². The molecule has 0 aromatic rings. The molecule has 3 aliphatic heterocycles. The third kappa shape index (κ3) is 3.48. The van der Waals surface area contributed by atoms with Crippen LogP contribution in [-0.4, -0.2) is 74.9 Å². The van der Waals surface area contributed by atoms with E-state index < -0.39 is 0 Å². The third-order valence-electron chi connectivity index (χ3n) is 5.22. The summed E-state index contributed by atoms with van der Waals surface area (Å²) in [4.78, 5) is 5.29. The van der Waals surface area contributed by atoms with Crippen molar-refractivity contribution in [3.05, 3.63) is 0 Å². The molecule has 110 valence electrons. The summed E-state index contributed by atoms with van der Waals surface area (Å²) in [6.07, 6.45) is 5.45. The van der Waals surface area contributed by atoms with Gasteiger partial charge in [-0.25, -0.2) is 0 Å². The number of nitrogens with one attached hydrogen (secondary N) is 1. The molecule has 0 bridgehead atoms. The molecule has 0 radical (unpaired) electrons. The molecule has 1 N–H and O–H groups in total. The Balaban J connectivity index is 1.43. The van der Waals surface area contributed by atoms with Crippen molar-refractivity contribution in [2.24, 2.45) is 5.92 Å². The van der Waals surface area contributed by atoms with Crippen molar-refractivity contribution in [2.75, 3.05) is 53.0 Å². The van der Waals surface area contributed by atoms with Crippen molar-refractivity contribution >= 4 is 0 Å². The summed E-state index contributed by atoms with van der Waals surface area (Å²) in [5.41, 5.74) is 0. The molecule has 4 nitrogen and oxygen atoms in total. The average molecular weight is 267 g/mol. The van der Waals surface area contributed by atoms with Crippen LogP contribution in [0.4, 0.5) is 0 Å². The molecule has 3 saturated heterocycles. The summed E-state index contributed by atoms with van der Waals surface area (Å²) in [5.74, 6) is 0.920. The first-order chi connectivity index (χ1) is 9.33. The monoisotopic (exact) mass is 267 g/mol. The van der Waals surface area contributed by atoms with Crippen LogP contribution in [-0.2, 0) is 4.74 Å². The summed E-state index contributed by atoms with van der Waals surface area (Å²) >= 11 is 0. The van der Waals surface area contributed by atoms with Crippen LogP contribution in [0, 0.1) is 5.92 Å². The van der Waals surface area contributed by atoms with Gasteiger partial charge >= 0.3 is 0 Å². The number of likely N-dealkylation sites (tertiary alicyclic amines) is 2. The lowest BCUT2D eigenvalue weighted by Crippen LogP contribution is -2.53. The van der Waals surface area contributed by atoms with Crippen molar-refractivity contribution < 1.29 is 4.74 Å². The van der Waals surface area contributed by atoms with Gasteiger partial charge in [-0.15, -0.1) is 0 Å². The highest BCUT2D eigenvalue weighted by Gasteiger charge is 2.34. The SMILES string of the molecule is CN1CCCC2CN(CCC3COCCN3)CCC21. The molecule has 3 unspecified atom stereocenters. The highest BCUT2D eigenvalue weighted by molar-refractivity contribution is 4.89. The van der Waals surface area contributed by atoms with E-state index in [-0.39, 0.29) is 0 Å². The van der Waals surface area contributed by atoms with Crippen LogP contribution in [0.3, 0.4) is 0 Å². The van der Waals surface area contributed by atoms with Gasteiger partial charge in [-0.3, -0.25) is 0 Å². The Bertz CT molecular complexity index is 281. The van der Waals surface area contributed by atoms with Gasteiger partial charge in [0, 0.05) is 25.2 Å². The lowest BCUT2D eigenvalue weighted by molar-refractivity contribution is 0.0307. The van der Waals surface area contributed by atoms with Crippen LogP contribution in [0.1, 0.15) is 25.7 Å². The molecule has 0 aromatic carbocycles. The number of hydrogen-bond donors (Lipinski definition) is 1. The number of rotatable bonds is 3. The Hall–Kier alpha value is -0.160. The van der Waals surface area contributed by atoms with Gasteiger partial charge < -0.3 is 19.9 Å². The second kappa shape index (κ2) is 6.53. The van der Waals surface area contributed by atoms with Crippen molar-refractivity contribution in [3.63, 3.8) is 0 Å². The lowest BCUT2D eigenvalue weighted by Gasteiger charge is -2.46. The first-order valence-corrected chi connectivity index (χ1v) is 8.06. The molecule has 3 fully saturated rings. The predicted molar refractivity (Wildman–Crippen MR) is 77.4 cm³/mol. The van der Waals surface area contributed by atoms with Crippen LogP contribution in [0.15, 0.2) is 0 Å². The zero-order valence-corrected chi connectivity index (χ0v) is 12.3. The van der Waals surface area contributed by atoms with E-state index in [4.69, 9.17) is 4.74 Å². The van der Waals surface area contributed by atoms with Gasteiger partial charge in [0.15, 0.2) is 0 Å². The maximum absolute atomic E-state index is 5.53. The minimum Gasteiger partial charge on any atom is -0.379 e. The van der Waals surface area contributed by atoms with E-state index in [1.807, 2.05) is 0 Å². The second-order valence-electron chi connectivity index (χ2n) is 6.55. The molecule has 3 rings (SSSR count). The number of piperidine rings is 2. The highest BCUT2D eigenvalue weighted by atomic mass is 16.5. The fourth-order valence-electron chi connectivity index (χ4n) is 4.07. The molecule has 0 aromatic heterocycles. The van der Waals surface area contributed by atoms with E-state index in [1.54, 1.807) is 0 Å². The van der Waals surface area contributed by atoms with E-state index >= 15 is 0 Å². The second-order valence-corrected chi connectivity index (χ2v) is 6.55. The molecule has 4 heteroatoms. The van der Waals surface area contributed by atoms with Gasteiger partial charge in [0.1, 0.15) is 0 Å². The van der Waals surface area contributed by atoms with Gasteiger partial charge in [-0.1, -0.05) is 0 Å². The summed E-state index contributed by atoms with van der Waals surface area (Å²) < 4.78 is 5.53.